The van der Waals surface area contributed by atoms with E-state index < -0.39 is 17.9 Å². The van der Waals surface area contributed by atoms with Crippen molar-refractivity contribution in [3.8, 4) is 11.3 Å². The molecule has 2 heterocycles. The second-order valence-electron chi connectivity index (χ2n) is 7.32. The van der Waals surface area contributed by atoms with Gasteiger partial charge in [-0.05, 0) is 25.3 Å². The molecule has 0 fully saturated rings. The van der Waals surface area contributed by atoms with Crippen LogP contribution in [-0.4, -0.2) is 37.8 Å². The molecule has 0 radical (unpaired) electrons. The van der Waals surface area contributed by atoms with Crippen LogP contribution < -0.4 is 5.32 Å². The molecule has 2 aromatic heterocycles. The van der Waals surface area contributed by atoms with Gasteiger partial charge in [0.25, 0.3) is 5.91 Å². The average Bonchev–Trinajstić information content (AvgIpc) is 2.94. The van der Waals surface area contributed by atoms with Gasteiger partial charge in [0.1, 0.15) is 6.04 Å². The molecule has 1 amide bonds. The number of fused-ring (bicyclic) bond motifs is 1. The van der Waals surface area contributed by atoms with Gasteiger partial charge in [-0.25, -0.2) is 9.78 Å². The molecule has 1 atom stereocenters. The maximum absolute atomic E-state index is 13.1. The molecule has 0 aliphatic carbocycles. The van der Waals surface area contributed by atoms with Gasteiger partial charge in [0, 0.05) is 12.6 Å². The van der Waals surface area contributed by atoms with Crippen molar-refractivity contribution in [2.45, 2.75) is 33.2 Å². The van der Waals surface area contributed by atoms with Gasteiger partial charge in [-0.15, -0.1) is 0 Å². The van der Waals surface area contributed by atoms with E-state index in [4.69, 9.17) is 0 Å². The molecule has 0 aliphatic rings. The van der Waals surface area contributed by atoms with Crippen molar-refractivity contribution in [1.82, 2.24) is 20.1 Å². The first kappa shape index (κ1) is 19.5. The van der Waals surface area contributed by atoms with Gasteiger partial charge < -0.3 is 10.4 Å². The number of carbonyl (C=O) groups is 2. The molecule has 1 aromatic carbocycles. The van der Waals surface area contributed by atoms with E-state index in [0.29, 0.717) is 34.4 Å². The van der Waals surface area contributed by atoms with E-state index in [1.807, 2.05) is 51.1 Å². The Morgan fingerprint density at radius 3 is 2.50 bits per heavy atom. The SMILES string of the molecule is Cc1nn(C)c2nc(-c3ccccc3)cc(C(=O)N[C@H](CC(C)C)C(=O)O)c12. The molecule has 0 unspecified atom stereocenters. The predicted molar refractivity (Wildman–Crippen MR) is 107 cm³/mol. The Labute approximate surface area is 163 Å². The number of carboxylic acid groups (broad SMARTS) is 1. The van der Waals surface area contributed by atoms with Crippen molar-refractivity contribution in [1.29, 1.82) is 0 Å². The Morgan fingerprint density at radius 1 is 1.21 bits per heavy atom. The molecule has 0 saturated heterocycles. The van der Waals surface area contributed by atoms with Gasteiger partial charge in [-0.1, -0.05) is 44.2 Å². The summed E-state index contributed by atoms with van der Waals surface area (Å²) in [6, 6.07) is 10.3. The summed E-state index contributed by atoms with van der Waals surface area (Å²) in [5.74, 6) is -1.34. The number of pyridine rings is 1. The smallest absolute Gasteiger partial charge is 0.326 e. The van der Waals surface area contributed by atoms with Crippen molar-refractivity contribution in [2.75, 3.05) is 0 Å². The lowest BCUT2D eigenvalue weighted by Gasteiger charge is -2.17. The third-order valence-corrected chi connectivity index (χ3v) is 4.59. The van der Waals surface area contributed by atoms with Crippen molar-refractivity contribution in [3.63, 3.8) is 0 Å². The highest BCUT2D eigenvalue weighted by atomic mass is 16.4. The average molecular weight is 380 g/mol. The molecule has 3 rings (SSSR count). The number of rotatable bonds is 6. The zero-order valence-corrected chi connectivity index (χ0v) is 16.4. The van der Waals surface area contributed by atoms with E-state index >= 15 is 0 Å². The summed E-state index contributed by atoms with van der Waals surface area (Å²) in [5, 5.41) is 17.2. The quantitative estimate of drug-likeness (QED) is 0.685. The summed E-state index contributed by atoms with van der Waals surface area (Å²) in [5.41, 5.74) is 3.14. The van der Waals surface area contributed by atoms with Crippen LogP contribution in [0, 0.1) is 12.8 Å². The minimum atomic E-state index is -1.04. The lowest BCUT2D eigenvalue weighted by molar-refractivity contribution is -0.139. The fraction of sp³-hybridized carbons (Fsp3) is 0.333. The number of hydrogen-bond donors (Lipinski definition) is 2. The first-order valence-electron chi connectivity index (χ1n) is 9.21. The molecule has 0 spiro atoms. The summed E-state index contributed by atoms with van der Waals surface area (Å²) >= 11 is 0. The van der Waals surface area contributed by atoms with Crippen LogP contribution in [0.25, 0.3) is 22.3 Å². The number of aryl methyl sites for hydroxylation is 2. The number of benzene rings is 1. The molecular formula is C21H24N4O3. The molecule has 28 heavy (non-hydrogen) atoms. The first-order valence-corrected chi connectivity index (χ1v) is 9.21. The van der Waals surface area contributed by atoms with E-state index in [1.54, 1.807) is 17.8 Å². The molecule has 146 valence electrons. The molecular weight excluding hydrogens is 356 g/mol. The van der Waals surface area contributed by atoms with Gasteiger partial charge >= 0.3 is 5.97 Å². The number of carboxylic acids is 1. The Kier molecular flexibility index (Phi) is 5.44. The fourth-order valence-corrected chi connectivity index (χ4v) is 3.31. The van der Waals surface area contributed by atoms with Gasteiger partial charge in [-0.2, -0.15) is 5.10 Å². The van der Waals surface area contributed by atoms with Crippen LogP contribution in [0.4, 0.5) is 0 Å². The van der Waals surface area contributed by atoms with Gasteiger partial charge in [0.2, 0.25) is 0 Å². The number of carbonyl (C=O) groups excluding carboxylic acids is 1. The Hall–Kier alpha value is -3.22. The Bertz CT molecular complexity index is 1030. The monoisotopic (exact) mass is 380 g/mol. The van der Waals surface area contributed by atoms with Crippen molar-refractivity contribution in [3.05, 3.63) is 47.7 Å². The highest BCUT2D eigenvalue weighted by Crippen LogP contribution is 2.27. The normalized spacial score (nSPS) is 12.3. The molecule has 2 N–H and O–H groups in total. The molecule has 7 heteroatoms. The summed E-state index contributed by atoms with van der Waals surface area (Å²) < 4.78 is 1.64. The van der Waals surface area contributed by atoms with Crippen LogP contribution in [0.5, 0.6) is 0 Å². The third kappa shape index (κ3) is 3.88. The largest absolute Gasteiger partial charge is 0.480 e. The maximum Gasteiger partial charge on any atom is 0.326 e. The highest BCUT2D eigenvalue weighted by molar-refractivity contribution is 6.08. The van der Waals surface area contributed by atoms with Gasteiger partial charge in [-0.3, -0.25) is 9.48 Å². The van der Waals surface area contributed by atoms with Gasteiger partial charge in [0.15, 0.2) is 5.65 Å². The van der Waals surface area contributed by atoms with Crippen LogP contribution in [0.2, 0.25) is 0 Å². The van der Waals surface area contributed by atoms with E-state index in [9.17, 15) is 14.7 Å². The second-order valence-corrected chi connectivity index (χ2v) is 7.32. The number of amides is 1. The van der Waals surface area contributed by atoms with E-state index in [1.165, 1.54) is 0 Å². The second kappa shape index (κ2) is 7.80. The summed E-state index contributed by atoms with van der Waals surface area (Å²) in [6.45, 7) is 5.66. The predicted octanol–water partition coefficient (Wildman–Crippen LogP) is 3.17. The highest BCUT2D eigenvalue weighted by Gasteiger charge is 2.25. The van der Waals surface area contributed by atoms with E-state index in [0.717, 1.165) is 5.56 Å². The number of nitrogens with one attached hydrogen (secondary N) is 1. The number of hydrogen-bond acceptors (Lipinski definition) is 4. The van der Waals surface area contributed by atoms with Crippen molar-refractivity contribution >= 4 is 22.9 Å². The molecule has 0 saturated carbocycles. The zero-order valence-electron chi connectivity index (χ0n) is 16.4. The summed E-state index contributed by atoms with van der Waals surface area (Å²) in [4.78, 5) is 29.3. The first-order chi connectivity index (χ1) is 13.3. The maximum atomic E-state index is 13.1. The molecule has 3 aromatic rings. The fourth-order valence-electron chi connectivity index (χ4n) is 3.31. The molecule has 0 bridgehead atoms. The van der Waals surface area contributed by atoms with Crippen LogP contribution >= 0.6 is 0 Å². The minimum Gasteiger partial charge on any atom is -0.480 e. The zero-order chi connectivity index (χ0) is 20.4. The van der Waals surface area contributed by atoms with E-state index in [2.05, 4.69) is 15.4 Å². The lowest BCUT2D eigenvalue weighted by Crippen LogP contribution is -2.41. The van der Waals surface area contributed by atoms with Crippen LogP contribution in [-0.2, 0) is 11.8 Å². The third-order valence-electron chi connectivity index (χ3n) is 4.59. The summed E-state index contributed by atoms with van der Waals surface area (Å²) in [6.07, 6.45) is 0.354. The number of aromatic nitrogens is 3. The standard InChI is InChI=1S/C21H24N4O3/c1-12(2)10-17(21(27)28)23-20(26)15-11-16(14-8-6-5-7-9-14)22-19-18(15)13(3)24-25(19)4/h5-9,11-12,17H,10H2,1-4H3,(H,23,26)(H,27,28)/t17-/m1/s1. The van der Waals surface area contributed by atoms with E-state index in [-0.39, 0.29) is 5.92 Å². The van der Waals surface area contributed by atoms with Crippen LogP contribution in [0.15, 0.2) is 36.4 Å². The topological polar surface area (TPSA) is 97.1 Å². The summed E-state index contributed by atoms with van der Waals surface area (Å²) in [7, 11) is 1.78. The van der Waals surface area contributed by atoms with Crippen LogP contribution in [0.3, 0.4) is 0 Å². The van der Waals surface area contributed by atoms with Crippen LogP contribution in [0.1, 0.15) is 36.3 Å². The minimum absolute atomic E-state index is 0.138. The molecule has 0 aliphatic heterocycles. The number of aliphatic carboxylic acids is 1. The Morgan fingerprint density at radius 2 is 1.89 bits per heavy atom. The Balaban J connectivity index is 2.10. The van der Waals surface area contributed by atoms with Crippen molar-refractivity contribution < 1.29 is 14.7 Å². The molecule has 7 nitrogen and oxygen atoms in total. The van der Waals surface area contributed by atoms with Crippen molar-refractivity contribution in [2.24, 2.45) is 13.0 Å². The number of nitrogens with zero attached hydrogens (tertiary/aromatic N) is 3. The van der Waals surface area contributed by atoms with Gasteiger partial charge in [0.05, 0.1) is 22.3 Å². The lowest BCUT2D eigenvalue weighted by atomic mass is 10.0.